The SMILES string of the molecule is COc1cc(C)c(C2(N)CC2)cc1OC. The zero-order valence-electron chi connectivity index (χ0n) is 9.46. The van der Waals surface area contributed by atoms with Crippen molar-refractivity contribution in [1.82, 2.24) is 0 Å². The Morgan fingerprint density at radius 2 is 1.67 bits per heavy atom. The Balaban J connectivity index is 2.48. The summed E-state index contributed by atoms with van der Waals surface area (Å²) in [6.45, 7) is 2.06. The van der Waals surface area contributed by atoms with Crippen molar-refractivity contribution < 1.29 is 9.47 Å². The van der Waals surface area contributed by atoms with Crippen LogP contribution in [-0.4, -0.2) is 14.2 Å². The molecule has 0 atom stereocenters. The summed E-state index contributed by atoms with van der Waals surface area (Å²) in [6.07, 6.45) is 2.12. The van der Waals surface area contributed by atoms with Gasteiger partial charge in [-0.3, -0.25) is 0 Å². The zero-order valence-corrected chi connectivity index (χ0v) is 9.46. The first-order valence-electron chi connectivity index (χ1n) is 5.13. The molecule has 1 aliphatic rings. The van der Waals surface area contributed by atoms with Gasteiger partial charge >= 0.3 is 0 Å². The number of benzene rings is 1. The van der Waals surface area contributed by atoms with Crippen molar-refractivity contribution in [1.29, 1.82) is 0 Å². The van der Waals surface area contributed by atoms with E-state index >= 15 is 0 Å². The highest BCUT2D eigenvalue weighted by Crippen LogP contribution is 2.46. The molecule has 1 aromatic rings. The van der Waals surface area contributed by atoms with Gasteiger partial charge in [0.15, 0.2) is 11.5 Å². The largest absolute Gasteiger partial charge is 0.493 e. The molecule has 2 rings (SSSR count). The normalized spacial score (nSPS) is 17.3. The minimum Gasteiger partial charge on any atom is -0.493 e. The predicted octanol–water partition coefficient (Wildman–Crippen LogP) is 1.96. The van der Waals surface area contributed by atoms with Crippen LogP contribution < -0.4 is 15.2 Å². The molecule has 0 aromatic heterocycles. The molecule has 0 amide bonds. The van der Waals surface area contributed by atoms with Gasteiger partial charge in [-0.25, -0.2) is 0 Å². The summed E-state index contributed by atoms with van der Waals surface area (Å²) in [4.78, 5) is 0. The van der Waals surface area contributed by atoms with Crippen molar-refractivity contribution in [2.24, 2.45) is 5.73 Å². The molecule has 1 aliphatic carbocycles. The Morgan fingerprint density at radius 3 is 2.13 bits per heavy atom. The first kappa shape index (κ1) is 10.3. The van der Waals surface area contributed by atoms with E-state index in [9.17, 15) is 0 Å². The van der Waals surface area contributed by atoms with Crippen LogP contribution in [0.2, 0.25) is 0 Å². The third-order valence-electron chi connectivity index (χ3n) is 3.06. The lowest BCUT2D eigenvalue weighted by atomic mass is 9.99. The monoisotopic (exact) mass is 207 g/mol. The maximum absolute atomic E-state index is 6.19. The maximum Gasteiger partial charge on any atom is 0.161 e. The fourth-order valence-corrected chi connectivity index (χ4v) is 1.92. The molecule has 1 aromatic carbocycles. The Bertz CT molecular complexity index is 383. The van der Waals surface area contributed by atoms with E-state index in [1.807, 2.05) is 12.1 Å². The molecule has 2 N–H and O–H groups in total. The average Bonchev–Trinajstić information content (AvgIpc) is 2.96. The van der Waals surface area contributed by atoms with Gasteiger partial charge in [-0.1, -0.05) is 0 Å². The minimum absolute atomic E-state index is 0.121. The quantitative estimate of drug-likeness (QED) is 0.824. The number of methoxy groups -OCH3 is 2. The molecule has 3 nitrogen and oxygen atoms in total. The van der Waals surface area contributed by atoms with Crippen LogP contribution in [0.25, 0.3) is 0 Å². The maximum atomic E-state index is 6.19. The van der Waals surface area contributed by atoms with Crippen LogP contribution in [0.3, 0.4) is 0 Å². The number of aryl methyl sites for hydroxylation is 1. The molecule has 15 heavy (non-hydrogen) atoms. The minimum atomic E-state index is -0.121. The first-order valence-corrected chi connectivity index (χ1v) is 5.13. The van der Waals surface area contributed by atoms with Gasteiger partial charge in [-0.15, -0.1) is 0 Å². The van der Waals surface area contributed by atoms with E-state index in [1.54, 1.807) is 14.2 Å². The Hall–Kier alpha value is -1.22. The molecule has 0 aliphatic heterocycles. The third-order valence-corrected chi connectivity index (χ3v) is 3.06. The van der Waals surface area contributed by atoms with Gasteiger partial charge < -0.3 is 15.2 Å². The van der Waals surface area contributed by atoms with Gasteiger partial charge in [-0.2, -0.15) is 0 Å². The number of nitrogens with two attached hydrogens (primary N) is 1. The first-order chi connectivity index (χ1) is 7.10. The van der Waals surface area contributed by atoms with E-state index < -0.39 is 0 Å². The molecule has 1 fully saturated rings. The molecule has 0 saturated heterocycles. The molecule has 0 radical (unpaired) electrons. The molecular formula is C12H17NO2. The molecule has 82 valence electrons. The summed E-state index contributed by atoms with van der Waals surface area (Å²) >= 11 is 0. The average molecular weight is 207 g/mol. The summed E-state index contributed by atoms with van der Waals surface area (Å²) in [6, 6.07) is 3.99. The van der Waals surface area contributed by atoms with Gasteiger partial charge in [0.2, 0.25) is 0 Å². The molecular weight excluding hydrogens is 190 g/mol. The van der Waals surface area contributed by atoms with Crippen molar-refractivity contribution in [3.63, 3.8) is 0 Å². The lowest BCUT2D eigenvalue weighted by Gasteiger charge is -2.16. The van der Waals surface area contributed by atoms with Crippen LogP contribution >= 0.6 is 0 Å². The van der Waals surface area contributed by atoms with Gasteiger partial charge in [0, 0.05) is 5.54 Å². The fraction of sp³-hybridized carbons (Fsp3) is 0.500. The van der Waals surface area contributed by atoms with Crippen LogP contribution in [0.4, 0.5) is 0 Å². The smallest absolute Gasteiger partial charge is 0.161 e. The van der Waals surface area contributed by atoms with E-state index in [-0.39, 0.29) is 5.54 Å². The number of ether oxygens (including phenoxy) is 2. The summed E-state index contributed by atoms with van der Waals surface area (Å²) in [5.41, 5.74) is 8.42. The van der Waals surface area contributed by atoms with E-state index in [0.29, 0.717) is 0 Å². The van der Waals surface area contributed by atoms with Crippen molar-refractivity contribution in [2.75, 3.05) is 14.2 Å². The number of hydrogen-bond acceptors (Lipinski definition) is 3. The van der Waals surface area contributed by atoms with Crippen molar-refractivity contribution >= 4 is 0 Å². The fourth-order valence-electron chi connectivity index (χ4n) is 1.92. The van der Waals surface area contributed by atoms with Crippen LogP contribution in [-0.2, 0) is 5.54 Å². The van der Waals surface area contributed by atoms with Crippen LogP contribution in [0.15, 0.2) is 12.1 Å². The summed E-state index contributed by atoms with van der Waals surface area (Å²) in [5, 5.41) is 0. The number of rotatable bonds is 3. The van der Waals surface area contributed by atoms with Crippen molar-refractivity contribution in [2.45, 2.75) is 25.3 Å². The Morgan fingerprint density at radius 1 is 1.13 bits per heavy atom. The summed E-state index contributed by atoms with van der Waals surface area (Å²) < 4.78 is 10.5. The second-order valence-electron chi connectivity index (χ2n) is 4.18. The van der Waals surface area contributed by atoms with E-state index in [4.69, 9.17) is 15.2 Å². The van der Waals surface area contributed by atoms with E-state index in [0.717, 1.165) is 24.3 Å². The van der Waals surface area contributed by atoms with E-state index in [2.05, 4.69) is 6.92 Å². The summed E-state index contributed by atoms with van der Waals surface area (Å²) in [7, 11) is 3.29. The Kier molecular flexibility index (Phi) is 2.35. The molecule has 0 spiro atoms. The van der Waals surface area contributed by atoms with Crippen LogP contribution in [0, 0.1) is 6.92 Å². The topological polar surface area (TPSA) is 44.5 Å². The predicted molar refractivity (Wildman–Crippen MR) is 59.4 cm³/mol. The van der Waals surface area contributed by atoms with Gasteiger partial charge in [0.25, 0.3) is 0 Å². The number of hydrogen-bond donors (Lipinski definition) is 1. The highest BCUT2D eigenvalue weighted by atomic mass is 16.5. The van der Waals surface area contributed by atoms with Gasteiger partial charge in [0.05, 0.1) is 14.2 Å². The second-order valence-corrected chi connectivity index (χ2v) is 4.18. The van der Waals surface area contributed by atoms with Crippen LogP contribution in [0.5, 0.6) is 11.5 Å². The highest BCUT2D eigenvalue weighted by Gasteiger charge is 2.41. The summed E-state index contributed by atoms with van der Waals surface area (Å²) in [5.74, 6) is 1.53. The zero-order chi connectivity index (χ0) is 11.1. The van der Waals surface area contributed by atoms with E-state index in [1.165, 1.54) is 11.1 Å². The standard InChI is InChI=1S/C12H17NO2/c1-8-6-10(14-2)11(15-3)7-9(8)12(13)4-5-12/h6-7H,4-5,13H2,1-3H3. The van der Waals surface area contributed by atoms with Crippen molar-refractivity contribution in [3.05, 3.63) is 23.3 Å². The molecule has 1 saturated carbocycles. The van der Waals surface area contributed by atoms with Gasteiger partial charge in [0.1, 0.15) is 0 Å². The molecule has 3 heteroatoms. The molecule has 0 bridgehead atoms. The van der Waals surface area contributed by atoms with Gasteiger partial charge in [-0.05, 0) is 43.0 Å². The lowest BCUT2D eigenvalue weighted by Crippen LogP contribution is -2.20. The lowest BCUT2D eigenvalue weighted by molar-refractivity contribution is 0.353. The van der Waals surface area contributed by atoms with Crippen LogP contribution in [0.1, 0.15) is 24.0 Å². The third kappa shape index (κ3) is 1.67. The molecule has 0 heterocycles. The Labute approximate surface area is 90.2 Å². The highest BCUT2D eigenvalue weighted by molar-refractivity contribution is 5.50. The second kappa shape index (κ2) is 3.42. The van der Waals surface area contributed by atoms with Crippen molar-refractivity contribution in [3.8, 4) is 11.5 Å². The molecule has 0 unspecified atom stereocenters.